The molecule has 2 heterocycles. The van der Waals surface area contributed by atoms with Crippen LogP contribution in [0.25, 0.3) is 0 Å². The zero-order valence-corrected chi connectivity index (χ0v) is 13.3. The molecule has 6 heteroatoms. The van der Waals surface area contributed by atoms with E-state index in [0.717, 1.165) is 37.2 Å². The molecule has 21 heavy (non-hydrogen) atoms. The smallest absolute Gasteiger partial charge is 0.283 e. The molecule has 0 amide bonds. The van der Waals surface area contributed by atoms with Gasteiger partial charge in [-0.15, -0.1) is 0 Å². The summed E-state index contributed by atoms with van der Waals surface area (Å²) < 4.78 is 12.1. The van der Waals surface area contributed by atoms with Gasteiger partial charge in [0.2, 0.25) is 0 Å². The summed E-state index contributed by atoms with van der Waals surface area (Å²) in [7, 11) is 0. The van der Waals surface area contributed by atoms with Gasteiger partial charge in [0, 0.05) is 23.6 Å². The van der Waals surface area contributed by atoms with Crippen molar-refractivity contribution in [3.05, 3.63) is 33.8 Å². The zero-order valence-electron chi connectivity index (χ0n) is 11.7. The second kappa shape index (κ2) is 4.97. The van der Waals surface area contributed by atoms with Crippen molar-refractivity contribution < 1.29 is 9.47 Å². The van der Waals surface area contributed by atoms with Crippen LogP contribution in [0.15, 0.2) is 27.7 Å². The van der Waals surface area contributed by atoms with E-state index >= 15 is 0 Å². The van der Waals surface area contributed by atoms with Crippen LogP contribution in [0.3, 0.4) is 0 Å². The predicted molar refractivity (Wildman–Crippen MR) is 83.3 cm³/mol. The Morgan fingerprint density at radius 1 is 1.33 bits per heavy atom. The van der Waals surface area contributed by atoms with E-state index in [1.54, 1.807) is 0 Å². The fraction of sp³-hybridized carbons (Fsp3) is 0.533. The minimum Gasteiger partial charge on any atom is -0.462 e. The van der Waals surface area contributed by atoms with E-state index in [4.69, 9.17) is 20.2 Å². The van der Waals surface area contributed by atoms with E-state index in [-0.39, 0.29) is 5.54 Å². The highest BCUT2D eigenvalue weighted by Crippen LogP contribution is 2.46. The molecule has 3 aliphatic rings. The number of morpholine rings is 1. The van der Waals surface area contributed by atoms with Crippen molar-refractivity contribution in [3.63, 3.8) is 0 Å². The zero-order chi connectivity index (χ0) is 14.4. The first-order valence-electron chi connectivity index (χ1n) is 7.28. The number of halogens is 1. The van der Waals surface area contributed by atoms with Crippen LogP contribution in [0.5, 0.6) is 0 Å². The van der Waals surface area contributed by atoms with Crippen LogP contribution in [-0.2, 0) is 21.4 Å². The average molecular weight is 352 g/mol. The Morgan fingerprint density at radius 2 is 2.14 bits per heavy atom. The quantitative estimate of drug-likeness (QED) is 0.827. The molecule has 2 N–H and O–H groups in total. The Balaban J connectivity index is 1.78. The first kappa shape index (κ1) is 13.5. The molecule has 2 atom stereocenters. The van der Waals surface area contributed by atoms with Crippen LogP contribution in [0.2, 0.25) is 0 Å². The Hall–Kier alpha value is -1.11. The maximum absolute atomic E-state index is 5.85. The number of aliphatic imine (C=N–C) groups is 1. The van der Waals surface area contributed by atoms with Crippen LogP contribution in [0.4, 0.5) is 0 Å². The summed E-state index contributed by atoms with van der Waals surface area (Å²) in [6, 6.07) is 7.05. The van der Waals surface area contributed by atoms with Gasteiger partial charge in [0.05, 0.1) is 13.2 Å². The van der Waals surface area contributed by atoms with E-state index in [1.165, 1.54) is 11.1 Å². The van der Waals surface area contributed by atoms with Gasteiger partial charge in [-0.05, 0) is 29.7 Å². The molecule has 1 aliphatic carbocycles. The molecule has 1 aromatic carbocycles. The third kappa shape index (κ3) is 2.08. The average Bonchev–Trinajstić information content (AvgIpc) is 3.03. The molecular weight excluding hydrogens is 334 g/mol. The fourth-order valence-electron chi connectivity index (χ4n) is 3.76. The van der Waals surface area contributed by atoms with E-state index in [0.29, 0.717) is 18.7 Å². The van der Waals surface area contributed by atoms with Gasteiger partial charge in [-0.1, -0.05) is 22.0 Å². The SMILES string of the molecule is NC1=NC2(CO1)c1cc(Br)ccc1CC2N1CCOCC1. The van der Waals surface area contributed by atoms with E-state index in [1.807, 2.05) is 0 Å². The first-order chi connectivity index (χ1) is 10.2. The Kier molecular flexibility index (Phi) is 3.20. The second-order valence-electron chi connectivity index (χ2n) is 5.83. The topological polar surface area (TPSA) is 60.1 Å². The number of hydrogen-bond acceptors (Lipinski definition) is 5. The summed E-state index contributed by atoms with van der Waals surface area (Å²) in [5, 5.41) is 0. The summed E-state index contributed by atoms with van der Waals surface area (Å²) >= 11 is 3.57. The largest absolute Gasteiger partial charge is 0.462 e. The second-order valence-corrected chi connectivity index (χ2v) is 6.75. The van der Waals surface area contributed by atoms with Crippen molar-refractivity contribution in [2.24, 2.45) is 10.7 Å². The predicted octanol–water partition coefficient (Wildman–Crippen LogP) is 1.25. The van der Waals surface area contributed by atoms with Gasteiger partial charge in [-0.2, -0.15) is 0 Å². The first-order valence-corrected chi connectivity index (χ1v) is 8.07. The molecule has 0 saturated carbocycles. The molecule has 1 spiro atoms. The molecule has 5 nitrogen and oxygen atoms in total. The van der Waals surface area contributed by atoms with Crippen LogP contribution >= 0.6 is 15.9 Å². The lowest BCUT2D eigenvalue weighted by Crippen LogP contribution is -2.52. The van der Waals surface area contributed by atoms with Crippen molar-refractivity contribution >= 4 is 22.0 Å². The number of nitrogens with zero attached hydrogens (tertiary/aromatic N) is 2. The summed E-state index contributed by atoms with van der Waals surface area (Å²) in [4.78, 5) is 7.20. The molecule has 0 radical (unpaired) electrons. The molecule has 4 rings (SSSR count). The summed E-state index contributed by atoms with van der Waals surface area (Å²) in [6.07, 6.45) is 0.989. The Bertz CT molecular complexity index is 601. The van der Waals surface area contributed by atoms with Crippen LogP contribution in [0.1, 0.15) is 11.1 Å². The molecule has 0 aromatic heterocycles. The molecule has 1 aromatic rings. The summed E-state index contributed by atoms with van der Waals surface area (Å²) in [6.45, 7) is 3.98. The summed E-state index contributed by atoms with van der Waals surface area (Å²) in [5.74, 6) is 0. The maximum atomic E-state index is 5.85. The molecule has 1 fully saturated rings. The van der Waals surface area contributed by atoms with Gasteiger partial charge in [-0.25, -0.2) is 4.99 Å². The molecule has 2 aliphatic heterocycles. The van der Waals surface area contributed by atoms with Gasteiger partial charge >= 0.3 is 0 Å². The number of amidine groups is 1. The van der Waals surface area contributed by atoms with E-state index in [2.05, 4.69) is 39.0 Å². The monoisotopic (exact) mass is 351 g/mol. The number of nitrogens with two attached hydrogens (primary N) is 1. The molecule has 2 unspecified atom stereocenters. The minimum atomic E-state index is -0.361. The number of ether oxygens (including phenoxy) is 2. The van der Waals surface area contributed by atoms with Gasteiger partial charge in [0.25, 0.3) is 6.02 Å². The number of fused-ring (bicyclic) bond motifs is 2. The standard InChI is InChI=1S/C15H18BrN3O2/c16-11-2-1-10-7-13(19-3-5-20-6-4-19)15(12(10)8-11)9-21-14(17)18-15/h1-2,8,13H,3-7,9H2,(H2,17,18). The molecule has 112 valence electrons. The van der Waals surface area contributed by atoms with Crippen molar-refractivity contribution in [1.82, 2.24) is 4.90 Å². The number of rotatable bonds is 1. The van der Waals surface area contributed by atoms with E-state index < -0.39 is 0 Å². The van der Waals surface area contributed by atoms with Crippen molar-refractivity contribution in [3.8, 4) is 0 Å². The van der Waals surface area contributed by atoms with Crippen molar-refractivity contribution in [2.45, 2.75) is 18.0 Å². The number of hydrogen-bond donors (Lipinski definition) is 1. The lowest BCUT2D eigenvalue weighted by Gasteiger charge is -2.38. The normalized spacial score (nSPS) is 32.0. The van der Waals surface area contributed by atoms with Crippen molar-refractivity contribution in [1.29, 1.82) is 0 Å². The lowest BCUT2D eigenvalue weighted by molar-refractivity contribution is -0.00264. The molecular formula is C15H18BrN3O2. The van der Waals surface area contributed by atoms with Gasteiger partial charge in [0.15, 0.2) is 0 Å². The van der Waals surface area contributed by atoms with Crippen LogP contribution < -0.4 is 5.73 Å². The van der Waals surface area contributed by atoms with Gasteiger partial charge in [0.1, 0.15) is 12.1 Å². The van der Waals surface area contributed by atoms with Crippen LogP contribution in [0, 0.1) is 0 Å². The number of benzene rings is 1. The van der Waals surface area contributed by atoms with Gasteiger partial charge < -0.3 is 15.2 Å². The summed E-state index contributed by atoms with van der Waals surface area (Å²) in [5.41, 5.74) is 8.08. The van der Waals surface area contributed by atoms with Crippen LogP contribution in [-0.4, -0.2) is 49.9 Å². The fourth-order valence-corrected chi connectivity index (χ4v) is 4.12. The van der Waals surface area contributed by atoms with Crippen molar-refractivity contribution in [2.75, 3.05) is 32.9 Å². The highest BCUT2D eigenvalue weighted by Gasteiger charge is 2.53. The van der Waals surface area contributed by atoms with Gasteiger partial charge in [-0.3, -0.25) is 4.90 Å². The Morgan fingerprint density at radius 3 is 2.86 bits per heavy atom. The highest BCUT2D eigenvalue weighted by molar-refractivity contribution is 9.10. The third-order valence-electron chi connectivity index (χ3n) is 4.74. The third-order valence-corrected chi connectivity index (χ3v) is 5.23. The maximum Gasteiger partial charge on any atom is 0.283 e. The minimum absolute atomic E-state index is 0.298. The van der Waals surface area contributed by atoms with E-state index in [9.17, 15) is 0 Å². The molecule has 1 saturated heterocycles. The molecule has 0 bridgehead atoms. The highest BCUT2D eigenvalue weighted by atomic mass is 79.9. The Labute approximate surface area is 132 Å². The lowest BCUT2D eigenvalue weighted by atomic mass is 9.89.